The molecule has 2 rings (SSSR count). The molecule has 0 atom stereocenters. The van der Waals surface area contributed by atoms with E-state index in [0.717, 1.165) is 5.69 Å². The number of nitriles is 1. The Balaban J connectivity index is 2.25. The van der Waals surface area contributed by atoms with Crippen molar-refractivity contribution < 1.29 is 0 Å². The molecule has 0 fully saturated rings. The van der Waals surface area contributed by atoms with Gasteiger partial charge in [-0.1, -0.05) is 11.6 Å². The molecule has 0 spiro atoms. The Labute approximate surface area is 102 Å². The van der Waals surface area contributed by atoms with Crippen LogP contribution in [0.25, 0.3) is 0 Å². The Kier molecular flexibility index (Phi) is 3.08. The maximum absolute atomic E-state index is 11.3. The van der Waals surface area contributed by atoms with E-state index in [9.17, 15) is 4.79 Å². The Hall–Kier alpha value is -2.32. The van der Waals surface area contributed by atoms with Crippen molar-refractivity contribution in [1.82, 2.24) is 9.97 Å². The van der Waals surface area contributed by atoms with E-state index in [0.29, 0.717) is 5.02 Å². The zero-order valence-corrected chi connectivity index (χ0v) is 9.32. The standard InChI is InChI=1S/C11H7ClN4O/c12-8-1-3-9(4-2-8)15-11-14-6-7(5-13)10(17)16-11/h1-4,6H,(H2,14,15,16,17). The molecule has 0 aliphatic heterocycles. The van der Waals surface area contributed by atoms with E-state index in [1.807, 2.05) is 0 Å². The normalized spacial score (nSPS) is 9.65. The predicted molar refractivity (Wildman–Crippen MR) is 64.3 cm³/mol. The van der Waals surface area contributed by atoms with E-state index in [1.165, 1.54) is 6.20 Å². The van der Waals surface area contributed by atoms with Gasteiger partial charge in [-0.2, -0.15) is 5.26 Å². The predicted octanol–water partition coefficient (Wildman–Crippen LogP) is 2.04. The van der Waals surface area contributed by atoms with Crippen molar-refractivity contribution in [1.29, 1.82) is 5.26 Å². The van der Waals surface area contributed by atoms with Crippen LogP contribution in [0, 0.1) is 11.3 Å². The van der Waals surface area contributed by atoms with Crippen LogP contribution >= 0.6 is 11.6 Å². The molecule has 2 aromatic rings. The highest BCUT2D eigenvalue weighted by molar-refractivity contribution is 6.30. The summed E-state index contributed by atoms with van der Waals surface area (Å²) in [5.74, 6) is 0.274. The minimum atomic E-state index is -0.473. The highest BCUT2D eigenvalue weighted by atomic mass is 35.5. The first kappa shape index (κ1) is 11.2. The van der Waals surface area contributed by atoms with Gasteiger partial charge in [-0.25, -0.2) is 4.98 Å². The third kappa shape index (κ3) is 2.62. The topological polar surface area (TPSA) is 81.6 Å². The van der Waals surface area contributed by atoms with Crippen molar-refractivity contribution in [3.63, 3.8) is 0 Å². The molecule has 0 amide bonds. The van der Waals surface area contributed by atoms with Crippen LogP contribution in [-0.2, 0) is 0 Å². The third-order valence-electron chi connectivity index (χ3n) is 2.03. The minimum absolute atomic E-state index is 0.0216. The van der Waals surface area contributed by atoms with E-state index in [2.05, 4.69) is 15.3 Å². The van der Waals surface area contributed by atoms with Gasteiger partial charge in [0, 0.05) is 10.7 Å². The van der Waals surface area contributed by atoms with E-state index in [1.54, 1.807) is 30.3 Å². The maximum atomic E-state index is 11.3. The number of aromatic amines is 1. The molecule has 2 N–H and O–H groups in total. The highest BCUT2D eigenvalue weighted by Crippen LogP contribution is 2.15. The summed E-state index contributed by atoms with van der Waals surface area (Å²) in [5.41, 5.74) is 0.243. The number of benzene rings is 1. The number of hydrogen-bond acceptors (Lipinski definition) is 4. The summed E-state index contributed by atoms with van der Waals surface area (Å²) in [7, 11) is 0. The molecule has 6 heteroatoms. The summed E-state index contributed by atoms with van der Waals surface area (Å²) >= 11 is 5.74. The summed E-state index contributed by atoms with van der Waals surface area (Å²) in [6.45, 7) is 0. The number of anilines is 2. The maximum Gasteiger partial charge on any atom is 0.270 e. The number of aromatic nitrogens is 2. The van der Waals surface area contributed by atoms with Gasteiger partial charge in [-0.3, -0.25) is 9.78 Å². The number of nitrogens with one attached hydrogen (secondary N) is 2. The fraction of sp³-hybridized carbons (Fsp3) is 0. The molecule has 5 nitrogen and oxygen atoms in total. The number of nitrogens with zero attached hydrogens (tertiary/aromatic N) is 2. The molecular weight excluding hydrogens is 240 g/mol. The fourth-order valence-corrected chi connectivity index (χ4v) is 1.33. The molecule has 1 aromatic heterocycles. The highest BCUT2D eigenvalue weighted by Gasteiger charge is 2.01. The molecule has 0 saturated heterocycles. The lowest BCUT2D eigenvalue weighted by Gasteiger charge is -2.04. The average Bonchev–Trinajstić information content (AvgIpc) is 2.32. The molecule has 84 valence electrons. The summed E-state index contributed by atoms with van der Waals surface area (Å²) in [5, 5.41) is 12.1. The minimum Gasteiger partial charge on any atom is -0.326 e. The monoisotopic (exact) mass is 246 g/mol. The van der Waals surface area contributed by atoms with Gasteiger partial charge in [0.25, 0.3) is 5.56 Å². The van der Waals surface area contributed by atoms with E-state index in [-0.39, 0.29) is 11.5 Å². The number of hydrogen-bond donors (Lipinski definition) is 2. The van der Waals surface area contributed by atoms with Crippen LogP contribution in [0.2, 0.25) is 5.02 Å². The van der Waals surface area contributed by atoms with Gasteiger partial charge in [-0.15, -0.1) is 0 Å². The molecular formula is C11H7ClN4O. The van der Waals surface area contributed by atoms with Crippen LogP contribution in [0.4, 0.5) is 11.6 Å². The zero-order valence-electron chi connectivity index (χ0n) is 8.57. The van der Waals surface area contributed by atoms with Crippen LogP contribution in [0.5, 0.6) is 0 Å². The Morgan fingerprint density at radius 1 is 1.35 bits per heavy atom. The van der Waals surface area contributed by atoms with Crippen LogP contribution in [0.15, 0.2) is 35.3 Å². The van der Waals surface area contributed by atoms with Gasteiger partial charge in [0.05, 0.1) is 6.20 Å². The lowest BCUT2D eigenvalue weighted by molar-refractivity contribution is 1.10. The Bertz CT molecular complexity index is 627. The largest absolute Gasteiger partial charge is 0.326 e. The lowest BCUT2D eigenvalue weighted by Crippen LogP contribution is -2.13. The first-order valence-electron chi connectivity index (χ1n) is 4.71. The van der Waals surface area contributed by atoms with Gasteiger partial charge in [-0.05, 0) is 24.3 Å². The second-order valence-electron chi connectivity index (χ2n) is 3.22. The van der Waals surface area contributed by atoms with Crippen molar-refractivity contribution in [3.05, 3.63) is 51.4 Å². The van der Waals surface area contributed by atoms with E-state index < -0.39 is 5.56 Å². The van der Waals surface area contributed by atoms with Gasteiger partial charge < -0.3 is 5.32 Å². The first-order valence-corrected chi connectivity index (χ1v) is 5.09. The molecule has 1 heterocycles. The van der Waals surface area contributed by atoms with Crippen LogP contribution < -0.4 is 10.9 Å². The van der Waals surface area contributed by atoms with Crippen LogP contribution in [0.3, 0.4) is 0 Å². The fourth-order valence-electron chi connectivity index (χ4n) is 1.21. The molecule has 17 heavy (non-hydrogen) atoms. The number of H-pyrrole nitrogens is 1. The second kappa shape index (κ2) is 4.68. The molecule has 0 bridgehead atoms. The Morgan fingerprint density at radius 2 is 2.06 bits per heavy atom. The Morgan fingerprint density at radius 3 is 2.65 bits per heavy atom. The van der Waals surface area contributed by atoms with Gasteiger partial charge in [0.2, 0.25) is 5.95 Å². The van der Waals surface area contributed by atoms with E-state index >= 15 is 0 Å². The quantitative estimate of drug-likeness (QED) is 0.850. The summed E-state index contributed by atoms with van der Waals surface area (Å²) in [6.07, 6.45) is 1.22. The zero-order chi connectivity index (χ0) is 12.3. The summed E-state index contributed by atoms with van der Waals surface area (Å²) < 4.78 is 0. The van der Waals surface area contributed by atoms with Crippen molar-refractivity contribution in [2.24, 2.45) is 0 Å². The molecule has 1 aromatic carbocycles. The molecule has 0 radical (unpaired) electrons. The van der Waals surface area contributed by atoms with Crippen LogP contribution in [-0.4, -0.2) is 9.97 Å². The first-order chi connectivity index (χ1) is 8.19. The second-order valence-corrected chi connectivity index (χ2v) is 3.65. The molecule has 0 unspecified atom stereocenters. The SMILES string of the molecule is N#Cc1cnc(Nc2ccc(Cl)cc2)[nH]c1=O. The van der Waals surface area contributed by atoms with E-state index in [4.69, 9.17) is 16.9 Å². The van der Waals surface area contributed by atoms with Crippen molar-refractivity contribution in [3.8, 4) is 6.07 Å². The summed E-state index contributed by atoms with van der Waals surface area (Å²) in [4.78, 5) is 17.7. The van der Waals surface area contributed by atoms with Crippen molar-refractivity contribution in [2.75, 3.05) is 5.32 Å². The average molecular weight is 247 g/mol. The van der Waals surface area contributed by atoms with Gasteiger partial charge in [0.1, 0.15) is 11.6 Å². The molecule has 0 aliphatic carbocycles. The molecule has 0 aliphatic rings. The lowest BCUT2D eigenvalue weighted by atomic mass is 10.3. The van der Waals surface area contributed by atoms with Crippen LogP contribution in [0.1, 0.15) is 5.56 Å². The van der Waals surface area contributed by atoms with Gasteiger partial charge in [0.15, 0.2) is 0 Å². The van der Waals surface area contributed by atoms with Gasteiger partial charge >= 0.3 is 0 Å². The van der Waals surface area contributed by atoms with Crippen molar-refractivity contribution >= 4 is 23.2 Å². The number of halogens is 1. The third-order valence-corrected chi connectivity index (χ3v) is 2.28. The molecule has 0 saturated carbocycles. The summed E-state index contributed by atoms with van der Waals surface area (Å²) in [6, 6.07) is 8.67. The number of rotatable bonds is 2. The smallest absolute Gasteiger partial charge is 0.270 e. The van der Waals surface area contributed by atoms with Crippen molar-refractivity contribution in [2.45, 2.75) is 0 Å².